The maximum Gasteiger partial charge on any atom is 0.240 e. The first kappa shape index (κ1) is 10.7. The molecule has 3 rings (SSSR count). The van der Waals surface area contributed by atoms with Crippen molar-refractivity contribution in [2.75, 3.05) is 11.5 Å². The van der Waals surface area contributed by atoms with Gasteiger partial charge in [0, 0.05) is 0 Å². The van der Waals surface area contributed by atoms with E-state index >= 15 is 0 Å². The number of nitrogens with one attached hydrogen (secondary N) is 1. The number of aromatic nitrogens is 7. The molecule has 0 amide bonds. The molecule has 86 valence electrons. The molecule has 5 N–H and O–H groups in total. The number of nitrogens with zero attached hydrogens (tertiary/aromatic N) is 6. The molecule has 0 bridgehead atoms. The molecule has 0 spiro atoms. The third-order valence-electron chi connectivity index (χ3n) is 1.69. The summed E-state index contributed by atoms with van der Waals surface area (Å²) in [6, 6.07) is 0. The van der Waals surface area contributed by atoms with E-state index in [9.17, 15) is 0 Å². The predicted octanol–water partition coefficient (Wildman–Crippen LogP) is -0.611. The van der Waals surface area contributed by atoms with E-state index in [1.165, 1.54) is 12.4 Å². The van der Waals surface area contributed by atoms with Crippen LogP contribution in [0.4, 0.5) is 11.9 Å². The van der Waals surface area contributed by atoms with Crippen LogP contribution in [0.5, 0.6) is 0 Å². The molecule has 17 heavy (non-hydrogen) atoms. The molecule has 0 aliphatic rings. The van der Waals surface area contributed by atoms with Gasteiger partial charge in [0.05, 0.1) is 24.9 Å². The minimum Gasteiger partial charge on any atom is -0.368 e. The molecular weight excluding hydrogens is 222 g/mol. The average molecular weight is 231 g/mol. The lowest BCUT2D eigenvalue weighted by atomic mass is 10.6. The van der Waals surface area contributed by atoms with Gasteiger partial charge in [0.1, 0.15) is 5.52 Å². The largest absolute Gasteiger partial charge is 0.368 e. The van der Waals surface area contributed by atoms with Gasteiger partial charge in [0.2, 0.25) is 11.9 Å². The Bertz CT molecular complexity index is 590. The molecule has 0 saturated heterocycles. The summed E-state index contributed by atoms with van der Waals surface area (Å²) >= 11 is 0. The van der Waals surface area contributed by atoms with E-state index in [4.69, 9.17) is 11.5 Å². The third kappa shape index (κ3) is 2.81. The highest BCUT2D eigenvalue weighted by Gasteiger charge is 1.95. The third-order valence-corrected chi connectivity index (χ3v) is 1.69. The van der Waals surface area contributed by atoms with Gasteiger partial charge in [-0.15, -0.1) is 5.10 Å². The normalized spacial score (nSPS) is 9.65. The van der Waals surface area contributed by atoms with Crippen LogP contribution in [0.2, 0.25) is 0 Å². The van der Waals surface area contributed by atoms with Crippen molar-refractivity contribution >= 4 is 23.1 Å². The Morgan fingerprint density at radius 1 is 1.00 bits per heavy atom. The number of H-pyrrole nitrogens is 1. The maximum atomic E-state index is 5.31. The van der Waals surface area contributed by atoms with Gasteiger partial charge >= 0.3 is 0 Å². The molecule has 0 atom stereocenters. The minimum absolute atomic E-state index is 0.211. The fourth-order valence-corrected chi connectivity index (χ4v) is 1.01. The lowest BCUT2D eigenvalue weighted by Gasteiger charge is -1.87. The van der Waals surface area contributed by atoms with Crippen LogP contribution in [0.1, 0.15) is 0 Å². The summed E-state index contributed by atoms with van der Waals surface area (Å²) in [6.07, 6.45) is 6.11. The molecule has 0 radical (unpaired) electrons. The van der Waals surface area contributed by atoms with E-state index in [-0.39, 0.29) is 11.9 Å². The Hall–Kier alpha value is -2.84. The van der Waals surface area contributed by atoms with E-state index in [0.29, 0.717) is 5.65 Å². The lowest BCUT2D eigenvalue weighted by Crippen LogP contribution is -1.93. The highest BCUT2D eigenvalue weighted by Crippen LogP contribution is 2.03. The summed E-state index contributed by atoms with van der Waals surface area (Å²) in [5, 5.41) is 6.84. The second-order valence-electron chi connectivity index (χ2n) is 2.87. The molecule has 0 unspecified atom stereocenters. The first-order chi connectivity index (χ1) is 8.25. The van der Waals surface area contributed by atoms with Crippen molar-refractivity contribution in [1.29, 1.82) is 0 Å². The summed E-state index contributed by atoms with van der Waals surface area (Å²) in [5.41, 5.74) is 11.8. The highest BCUT2D eigenvalue weighted by atomic mass is 15.2. The van der Waals surface area contributed by atoms with Crippen molar-refractivity contribution in [2.24, 2.45) is 0 Å². The van der Waals surface area contributed by atoms with E-state index in [0.717, 1.165) is 5.52 Å². The lowest BCUT2D eigenvalue weighted by molar-refractivity contribution is 0.986. The van der Waals surface area contributed by atoms with Crippen molar-refractivity contribution in [2.45, 2.75) is 0 Å². The smallest absolute Gasteiger partial charge is 0.240 e. The minimum atomic E-state index is 0.211. The zero-order chi connectivity index (χ0) is 12.1. The molecule has 9 nitrogen and oxygen atoms in total. The van der Waals surface area contributed by atoms with Crippen LogP contribution in [0.3, 0.4) is 0 Å². The second-order valence-corrected chi connectivity index (χ2v) is 2.87. The van der Waals surface area contributed by atoms with E-state index in [1.54, 1.807) is 12.5 Å². The number of nitrogens with two attached hydrogens (primary N) is 2. The molecule has 3 aromatic rings. The maximum absolute atomic E-state index is 5.31. The number of nitrogen functional groups attached to an aromatic ring is 2. The van der Waals surface area contributed by atoms with Gasteiger partial charge in [-0.3, -0.25) is 0 Å². The van der Waals surface area contributed by atoms with Crippen molar-refractivity contribution in [3.63, 3.8) is 0 Å². The number of aromatic amines is 1. The number of anilines is 2. The van der Waals surface area contributed by atoms with Gasteiger partial charge in [-0.2, -0.15) is 10.1 Å². The molecule has 0 aromatic carbocycles. The van der Waals surface area contributed by atoms with E-state index < -0.39 is 0 Å². The Kier molecular flexibility index (Phi) is 3.01. The zero-order valence-electron chi connectivity index (χ0n) is 8.65. The van der Waals surface area contributed by atoms with Gasteiger partial charge in [0.15, 0.2) is 5.65 Å². The van der Waals surface area contributed by atoms with Crippen molar-refractivity contribution in [1.82, 2.24) is 35.1 Å². The van der Waals surface area contributed by atoms with Crippen LogP contribution in [0, 0.1) is 0 Å². The van der Waals surface area contributed by atoms with Crippen molar-refractivity contribution in [3.05, 3.63) is 24.9 Å². The predicted molar refractivity (Wildman–Crippen MR) is 60.3 cm³/mol. The standard InChI is InChI=1S/C5H5N5.C3H4N4/c6-5-7-1-3-4(10-5)9-2-8-3;4-3-5-1-2-6-7-3/h1-2H,(H3,6,7,8,9,10);1-2H,(H2,4,5,7). The number of fused-ring (bicyclic) bond motifs is 1. The Morgan fingerprint density at radius 3 is 2.53 bits per heavy atom. The topological polar surface area (TPSA) is 145 Å². The van der Waals surface area contributed by atoms with Crippen LogP contribution >= 0.6 is 0 Å². The summed E-state index contributed by atoms with van der Waals surface area (Å²) in [5.74, 6) is 0.460. The molecule has 3 heterocycles. The van der Waals surface area contributed by atoms with Crippen LogP contribution < -0.4 is 11.5 Å². The summed E-state index contributed by atoms with van der Waals surface area (Å²) in [4.78, 5) is 18.0. The first-order valence-electron chi connectivity index (χ1n) is 4.56. The monoisotopic (exact) mass is 231 g/mol. The average Bonchev–Trinajstić information content (AvgIpc) is 2.78. The molecule has 0 aliphatic carbocycles. The molecule has 3 aromatic heterocycles. The van der Waals surface area contributed by atoms with Crippen molar-refractivity contribution in [3.8, 4) is 0 Å². The summed E-state index contributed by atoms with van der Waals surface area (Å²) < 4.78 is 0. The Labute approximate surface area is 95.4 Å². The summed E-state index contributed by atoms with van der Waals surface area (Å²) in [7, 11) is 0. The van der Waals surface area contributed by atoms with Crippen LogP contribution in [0.25, 0.3) is 11.2 Å². The van der Waals surface area contributed by atoms with Gasteiger partial charge in [-0.1, -0.05) is 0 Å². The SMILES string of the molecule is Nc1ncc2[nH]cnc2n1.Nc1nccnn1. The summed E-state index contributed by atoms with van der Waals surface area (Å²) in [6.45, 7) is 0. The molecule has 0 fully saturated rings. The molecule has 9 heteroatoms. The number of imidazole rings is 1. The number of hydrogen-bond donors (Lipinski definition) is 3. The number of hydrogen-bond acceptors (Lipinski definition) is 8. The molecule has 0 saturated carbocycles. The fourth-order valence-electron chi connectivity index (χ4n) is 1.01. The fraction of sp³-hybridized carbons (Fsp3) is 0. The van der Waals surface area contributed by atoms with Crippen molar-refractivity contribution < 1.29 is 0 Å². The highest BCUT2D eigenvalue weighted by molar-refractivity contribution is 5.69. The van der Waals surface area contributed by atoms with E-state index in [2.05, 4.69) is 35.1 Å². The molecule has 0 aliphatic heterocycles. The van der Waals surface area contributed by atoms with E-state index in [1.807, 2.05) is 0 Å². The van der Waals surface area contributed by atoms with Gasteiger partial charge in [0.25, 0.3) is 0 Å². The number of rotatable bonds is 0. The Balaban J connectivity index is 0.000000136. The van der Waals surface area contributed by atoms with Crippen LogP contribution in [0.15, 0.2) is 24.9 Å². The first-order valence-corrected chi connectivity index (χ1v) is 4.56. The molecular formula is C8H9N9. The van der Waals surface area contributed by atoms with Crippen LogP contribution in [-0.2, 0) is 0 Å². The van der Waals surface area contributed by atoms with Gasteiger partial charge in [-0.05, 0) is 0 Å². The van der Waals surface area contributed by atoms with Gasteiger partial charge in [-0.25, -0.2) is 15.0 Å². The van der Waals surface area contributed by atoms with Gasteiger partial charge < -0.3 is 16.5 Å². The second kappa shape index (κ2) is 4.79. The Morgan fingerprint density at radius 2 is 1.88 bits per heavy atom. The van der Waals surface area contributed by atoms with Crippen LogP contribution in [-0.4, -0.2) is 35.1 Å². The zero-order valence-corrected chi connectivity index (χ0v) is 8.65. The quantitative estimate of drug-likeness (QED) is 0.464.